The molecule has 2 aromatic carbocycles. The zero-order chi connectivity index (χ0) is 12.3. The van der Waals surface area contributed by atoms with Crippen molar-refractivity contribution in [1.29, 1.82) is 0 Å². The molecule has 88 valence electrons. The maximum Gasteiger partial charge on any atom is 0.116 e. The van der Waals surface area contributed by atoms with Crippen molar-refractivity contribution in [3.63, 3.8) is 0 Å². The Morgan fingerprint density at radius 2 is 1.71 bits per heavy atom. The first-order valence-electron chi connectivity index (χ1n) is 6.10. The van der Waals surface area contributed by atoms with Gasteiger partial charge in [0.1, 0.15) is 5.75 Å². The molecule has 1 nitrogen and oxygen atoms in total. The van der Waals surface area contributed by atoms with Crippen molar-refractivity contribution in [1.82, 2.24) is 0 Å². The summed E-state index contributed by atoms with van der Waals surface area (Å²) in [7, 11) is 0. The predicted molar refractivity (Wildman–Crippen MR) is 72.2 cm³/mol. The Kier molecular flexibility index (Phi) is 3.48. The van der Waals surface area contributed by atoms with Gasteiger partial charge in [-0.1, -0.05) is 50.2 Å². The number of hydrogen-bond acceptors (Lipinski definition) is 1. The van der Waals surface area contributed by atoms with Crippen LogP contribution in [0, 0.1) is 0 Å². The van der Waals surface area contributed by atoms with Gasteiger partial charge in [0.2, 0.25) is 0 Å². The summed E-state index contributed by atoms with van der Waals surface area (Å²) in [5, 5.41) is 9.80. The second-order valence-electron chi connectivity index (χ2n) is 4.49. The molecule has 0 saturated carbocycles. The van der Waals surface area contributed by atoms with Crippen molar-refractivity contribution in [3.8, 4) is 16.9 Å². The molecule has 0 radical (unpaired) electrons. The van der Waals surface area contributed by atoms with Crippen LogP contribution in [0.5, 0.6) is 5.75 Å². The maximum absolute atomic E-state index is 9.80. The average Bonchev–Trinajstić information content (AvgIpc) is 2.38. The zero-order valence-corrected chi connectivity index (χ0v) is 10.4. The smallest absolute Gasteiger partial charge is 0.116 e. The van der Waals surface area contributed by atoms with E-state index in [4.69, 9.17) is 0 Å². The van der Waals surface area contributed by atoms with Gasteiger partial charge in [-0.3, -0.25) is 0 Å². The molecule has 0 aliphatic heterocycles. The number of phenolic OH excluding ortho intramolecular Hbond substituents is 1. The van der Waals surface area contributed by atoms with Crippen LogP contribution in [0.25, 0.3) is 11.1 Å². The van der Waals surface area contributed by atoms with Gasteiger partial charge < -0.3 is 5.11 Å². The number of phenols is 1. The number of hydrogen-bond donors (Lipinski definition) is 1. The molecule has 0 spiro atoms. The molecule has 1 atom stereocenters. The Morgan fingerprint density at radius 1 is 1.00 bits per heavy atom. The highest BCUT2D eigenvalue weighted by molar-refractivity contribution is 5.66. The largest absolute Gasteiger partial charge is 0.508 e. The highest BCUT2D eigenvalue weighted by atomic mass is 16.3. The lowest BCUT2D eigenvalue weighted by atomic mass is 9.94. The normalized spacial score (nSPS) is 12.4. The molecular formula is C16H18O. The van der Waals surface area contributed by atoms with Crippen LogP contribution in [0.2, 0.25) is 0 Å². The number of aromatic hydroxyl groups is 1. The second-order valence-corrected chi connectivity index (χ2v) is 4.49. The molecular weight excluding hydrogens is 208 g/mol. The second kappa shape index (κ2) is 5.05. The Balaban J connectivity index is 2.45. The third kappa shape index (κ3) is 2.68. The molecule has 0 heterocycles. The van der Waals surface area contributed by atoms with Gasteiger partial charge in [0.25, 0.3) is 0 Å². The lowest BCUT2D eigenvalue weighted by molar-refractivity contribution is 0.474. The minimum absolute atomic E-state index is 0.349. The lowest BCUT2D eigenvalue weighted by Crippen LogP contribution is -1.91. The van der Waals surface area contributed by atoms with Crippen LogP contribution < -0.4 is 0 Å². The van der Waals surface area contributed by atoms with E-state index in [1.165, 1.54) is 5.56 Å². The first kappa shape index (κ1) is 11.7. The summed E-state index contributed by atoms with van der Waals surface area (Å²) < 4.78 is 0. The summed E-state index contributed by atoms with van der Waals surface area (Å²) in [6.07, 6.45) is 1.08. The molecule has 0 saturated heterocycles. The number of rotatable bonds is 3. The van der Waals surface area contributed by atoms with Crippen molar-refractivity contribution in [3.05, 3.63) is 54.1 Å². The van der Waals surface area contributed by atoms with E-state index in [0.29, 0.717) is 11.7 Å². The molecule has 0 bridgehead atoms. The van der Waals surface area contributed by atoms with Crippen LogP contribution in [0.4, 0.5) is 0 Å². The van der Waals surface area contributed by atoms with Crippen LogP contribution in [-0.4, -0.2) is 5.11 Å². The monoisotopic (exact) mass is 226 g/mol. The molecule has 0 aliphatic carbocycles. The minimum atomic E-state index is 0.349. The Morgan fingerprint density at radius 3 is 2.35 bits per heavy atom. The fourth-order valence-corrected chi connectivity index (χ4v) is 1.95. The number of benzene rings is 2. The van der Waals surface area contributed by atoms with E-state index in [2.05, 4.69) is 32.0 Å². The van der Waals surface area contributed by atoms with E-state index in [1.807, 2.05) is 30.3 Å². The van der Waals surface area contributed by atoms with Crippen LogP contribution in [0.1, 0.15) is 31.7 Å². The first-order valence-corrected chi connectivity index (χ1v) is 6.10. The van der Waals surface area contributed by atoms with Crippen molar-refractivity contribution >= 4 is 0 Å². The highest BCUT2D eigenvalue weighted by Gasteiger charge is 2.07. The minimum Gasteiger partial charge on any atom is -0.508 e. The van der Waals surface area contributed by atoms with E-state index in [9.17, 15) is 5.11 Å². The summed E-state index contributed by atoms with van der Waals surface area (Å²) in [6.45, 7) is 4.35. The van der Waals surface area contributed by atoms with Gasteiger partial charge in [-0.05, 0) is 41.2 Å². The van der Waals surface area contributed by atoms with Gasteiger partial charge in [0.05, 0.1) is 0 Å². The third-order valence-corrected chi connectivity index (χ3v) is 3.23. The van der Waals surface area contributed by atoms with Crippen LogP contribution in [0.3, 0.4) is 0 Å². The van der Waals surface area contributed by atoms with Gasteiger partial charge in [-0.25, -0.2) is 0 Å². The van der Waals surface area contributed by atoms with E-state index >= 15 is 0 Å². The van der Waals surface area contributed by atoms with E-state index in [1.54, 1.807) is 0 Å². The molecule has 0 aromatic heterocycles. The lowest BCUT2D eigenvalue weighted by Gasteiger charge is -2.12. The Bertz CT molecular complexity index is 488. The van der Waals surface area contributed by atoms with Crippen LogP contribution >= 0.6 is 0 Å². The van der Waals surface area contributed by atoms with Crippen molar-refractivity contribution < 1.29 is 5.11 Å². The van der Waals surface area contributed by atoms with Crippen molar-refractivity contribution in [2.24, 2.45) is 0 Å². The standard InChI is InChI=1S/C16H18O/c1-3-12(2)14-9-15(11-16(17)10-14)13-7-5-4-6-8-13/h4-12,17H,3H2,1-2H3. The van der Waals surface area contributed by atoms with Gasteiger partial charge in [0.15, 0.2) is 0 Å². The summed E-state index contributed by atoms with van der Waals surface area (Å²) in [6, 6.07) is 16.0. The first-order chi connectivity index (χ1) is 8.20. The summed E-state index contributed by atoms with van der Waals surface area (Å²) in [5.41, 5.74) is 3.43. The quantitative estimate of drug-likeness (QED) is 0.812. The molecule has 17 heavy (non-hydrogen) atoms. The fourth-order valence-electron chi connectivity index (χ4n) is 1.95. The van der Waals surface area contributed by atoms with Crippen LogP contribution in [0.15, 0.2) is 48.5 Å². The molecule has 0 aliphatic rings. The molecule has 1 unspecified atom stereocenters. The highest BCUT2D eigenvalue weighted by Crippen LogP contribution is 2.29. The molecule has 0 fully saturated rings. The summed E-state index contributed by atoms with van der Waals surface area (Å²) in [4.78, 5) is 0. The molecule has 1 N–H and O–H groups in total. The Hall–Kier alpha value is -1.76. The summed E-state index contributed by atoms with van der Waals surface area (Å²) >= 11 is 0. The maximum atomic E-state index is 9.80. The molecule has 2 aromatic rings. The third-order valence-electron chi connectivity index (χ3n) is 3.23. The topological polar surface area (TPSA) is 20.2 Å². The molecule has 1 heteroatoms. The Labute approximate surface area is 103 Å². The van der Waals surface area contributed by atoms with E-state index in [0.717, 1.165) is 17.5 Å². The van der Waals surface area contributed by atoms with E-state index < -0.39 is 0 Å². The van der Waals surface area contributed by atoms with Crippen LogP contribution in [-0.2, 0) is 0 Å². The van der Waals surface area contributed by atoms with Gasteiger partial charge in [-0.15, -0.1) is 0 Å². The fraction of sp³-hybridized carbons (Fsp3) is 0.250. The summed E-state index contributed by atoms with van der Waals surface area (Å²) in [5.74, 6) is 0.825. The van der Waals surface area contributed by atoms with Crippen molar-refractivity contribution in [2.45, 2.75) is 26.2 Å². The van der Waals surface area contributed by atoms with E-state index in [-0.39, 0.29) is 0 Å². The van der Waals surface area contributed by atoms with Gasteiger partial charge in [-0.2, -0.15) is 0 Å². The van der Waals surface area contributed by atoms with Gasteiger partial charge >= 0.3 is 0 Å². The molecule has 0 amide bonds. The average molecular weight is 226 g/mol. The van der Waals surface area contributed by atoms with Gasteiger partial charge in [0, 0.05) is 0 Å². The molecule has 2 rings (SSSR count). The van der Waals surface area contributed by atoms with Crippen molar-refractivity contribution in [2.75, 3.05) is 0 Å². The zero-order valence-electron chi connectivity index (χ0n) is 10.4. The predicted octanol–water partition coefficient (Wildman–Crippen LogP) is 4.57. The SMILES string of the molecule is CCC(C)c1cc(O)cc(-c2ccccc2)c1.